The number of carbonyl (C=O) groups excluding carboxylic acids is 3. The molecule has 12 heteroatoms. The number of esters is 2. The van der Waals surface area contributed by atoms with Gasteiger partial charge in [0.25, 0.3) is 0 Å². The summed E-state index contributed by atoms with van der Waals surface area (Å²) in [6.07, 6.45) is -6.50. The Labute approximate surface area is 169 Å². The molecule has 0 aromatic carbocycles. The van der Waals surface area contributed by atoms with Crippen molar-refractivity contribution >= 4 is 34.4 Å². The summed E-state index contributed by atoms with van der Waals surface area (Å²) in [7, 11) is 1.08. The van der Waals surface area contributed by atoms with Crippen molar-refractivity contribution in [2.24, 2.45) is 0 Å². The summed E-state index contributed by atoms with van der Waals surface area (Å²) in [6, 6.07) is 0. The van der Waals surface area contributed by atoms with Crippen molar-refractivity contribution in [3.8, 4) is 0 Å². The second-order valence-corrected chi connectivity index (χ2v) is 6.85. The number of aryl methyl sites for hydroxylation is 1. The van der Waals surface area contributed by atoms with E-state index < -0.39 is 29.9 Å². The van der Waals surface area contributed by atoms with Crippen LogP contribution in [0.4, 0.5) is 23.0 Å². The molecule has 0 unspecified atom stereocenters. The predicted molar refractivity (Wildman–Crippen MR) is 99.0 cm³/mol. The third-order valence-electron chi connectivity index (χ3n) is 3.82. The maximum absolute atomic E-state index is 14.1. The number of hydrogen-bond donors (Lipinski definition) is 2. The molecule has 0 spiro atoms. The van der Waals surface area contributed by atoms with E-state index in [9.17, 15) is 27.6 Å². The Bertz CT molecular complexity index is 765. The van der Waals surface area contributed by atoms with Gasteiger partial charge in [-0.05, 0) is 32.8 Å². The fourth-order valence-corrected chi connectivity index (χ4v) is 3.72. The summed E-state index contributed by atoms with van der Waals surface area (Å²) in [5.41, 5.74) is -3.37. The van der Waals surface area contributed by atoms with E-state index >= 15 is 0 Å². The van der Waals surface area contributed by atoms with Crippen LogP contribution in [0.5, 0.6) is 0 Å². The molecule has 0 aliphatic rings. The monoisotopic (exact) mass is 440 g/mol. The Balaban J connectivity index is 3.65. The molecular weight excluding hydrogens is 417 g/mol. The van der Waals surface area contributed by atoms with Gasteiger partial charge in [0.05, 0.1) is 25.9 Å². The third kappa shape index (κ3) is 5.11. The molecule has 2 N–H and O–H groups in total. The molecule has 164 valence electrons. The van der Waals surface area contributed by atoms with Crippen molar-refractivity contribution in [1.29, 1.82) is 0 Å². The van der Waals surface area contributed by atoms with Crippen LogP contribution in [-0.2, 0) is 25.4 Å². The number of alkyl halides is 3. The number of nitrogens with one attached hydrogen (secondary N) is 2. The van der Waals surface area contributed by atoms with Gasteiger partial charge in [-0.3, -0.25) is 5.32 Å². The fraction of sp³-hybridized carbons (Fsp3) is 0.588. The molecule has 0 aliphatic heterocycles. The van der Waals surface area contributed by atoms with Crippen molar-refractivity contribution < 1.29 is 41.8 Å². The lowest BCUT2D eigenvalue weighted by Crippen LogP contribution is -2.69. The quantitative estimate of drug-likeness (QED) is 0.363. The zero-order valence-corrected chi connectivity index (χ0v) is 17.4. The lowest BCUT2D eigenvalue weighted by atomic mass is 10.1. The van der Waals surface area contributed by atoms with Crippen molar-refractivity contribution in [2.45, 2.75) is 46.0 Å². The first-order chi connectivity index (χ1) is 13.5. The van der Waals surface area contributed by atoms with Gasteiger partial charge in [-0.25, -0.2) is 14.4 Å². The van der Waals surface area contributed by atoms with Crippen LogP contribution in [-0.4, -0.2) is 50.2 Å². The van der Waals surface area contributed by atoms with Gasteiger partial charge in [0.15, 0.2) is 0 Å². The average Bonchev–Trinajstić information content (AvgIpc) is 2.94. The topological polar surface area (TPSA) is 103 Å². The lowest BCUT2D eigenvalue weighted by Gasteiger charge is -2.34. The van der Waals surface area contributed by atoms with Crippen LogP contribution in [0.2, 0.25) is 0 Å². The van der Waals surface area contributed by atoms with Gasteiger partial charge in [-0.1, -0.05) is 6.92 Å². The smallest absolute Gasteiger partial charge is 0.442 e. The van der Waals surface area contributed by atoms with Gasteiger partial charge in [0.1, 0.15) is 5.00 Å². The van der Waals surface area contributed by atoms with E-state index in [2.05, 4.69) is 14.2 Å². The minimum Gasteiger partial charge on any atom is -0.465 e. The van der Waals surface area contributed by atoms with Gasteiger partial charge >= 0.3 is 29.9 Å². The first kappa shape index (κ1) is 24.5. The van der Waals surface area contributed by atoms with E-state index in [0.717, 1.165) is 18.4 Å². The molecule has 0 saturated carbocycles. The molecule has 1 rings (SSSR count). The zero-order valence-electron chi connectivity index (χ0n) is 16.6. The summed E-state index contributed by atoms with van der Waals surface area (Å²) in [6.45, 7) is 5.42. The number of rotatable bonds is 8. The molecule has 1 aromatic heterocycles. The van der Waals surface area contributed by atoms with Crippen LogP contribution < -0.4 is 10.6 Å². The van der Waals surface area contributed by atoms with Gasteiger partial charge in [0, 0.05) is 4.88 Å². The Morgan fingerprint density at radius 3 is 2.10 bits per heavy atom. The number of hydrogen-bond acceptors (Lipinski definition) is 8. The highest BCUT2D eigenvalue weighted by atomic mass is 32.1. The Morgan fingerprint density at radius 2 is 1.66 bits per heavy atom. The number of methoxy groups -OCH3 is 1. The predicted octanol–water partition coefficient (Wildman–Crippen LogP) is 3.39. The summed E-state index contributed by atoms with van der Waals surface area (Å²) in [5, 5.41) is 3.21. The Hall–Kier alpha value is -2.50. The maximum Gasteiger partial charge on any atom is 0.442 e. The van der Waals surface area contributed by atoms with Gasteiger partial charge in [-0.15, -0.1) is 11.3 Å². The largest absolute Gasteiger partial charge is 0.465 e. The molecular formula is C17H23F3N2O6S. The molecule has 1 aromatic rings. The van der Waals surface area contributed by atoms with E-state index in [4.69, 9.17) is 0 Å². The molecule has 29 heavy (non-hydrogen) atoms. The average molecular weight is 440 g/mol. The molecule has 0 bridgehead atoms. The highest BCUT2D eigenvalue weighted by Crippen LogP contribution is 2.40. The molecule has 1 amide bonds. The van der Waals surface area contributed by atoms with E-state index in [1.54, 1.807) is 13.8 Å². The van der Waals surface area contributed by atoms with E-state index in [-0.39, 0.29) is 23.8 Å². The second-order valence-electron chi connectivity index (χ2n) is 5.62. The highest BCUT2D eigenvalue weighted by Gasteiger charge is 2.64. The number of amides is 1. The highest BCUT2D eigenvalue weighted by molar-refractivity contribution is 7.16. The number of anilines is 1. The maximum atomic E-state index is 14.1. The van der Waals surface area contributed by atoms with Crippen LogP contribution >= 0.6 is 11.3 Å². The summed E-state index contributed by atoms with van der Waals surface area (Å²) in [4.78, 5) is 37.0. The first-order valence-corrected chi connectivity index (χ1v) is 9.48. The molecule has 1 heterocycles. The minimum absolute atomic E-state index is 0.152. The van der Waals surface area contributed by atoms with Crippen LogP contribution in [0.15, 0.2) is 0 Å². The van der Waals surface area contributed by atoms with E-state index in [0.29, 0.717) is 16.9 Å². The molecule has 0 saturated heterocycles. The number of carbonyl (C=O) groups is 3. The molecule has 0 fully saturated rings. The third-order valence-corrected chi connectivity index (χ3v) is 4.89. The molecule has 8 nitrogen and oxygen atoms in total. The van der Waals surface area contributed by atoms with Crippen molar-refractivity contribution in [2.75, 3.05) is 25.6 Å². The molecule has 0 aliphatic carbocycles. The molecule has 0 radical (unpaired) electrons. The minimum atomic E-state index is -5.34. The van der Waals surface area contributed by atoms with Crippen LogP contribution in [0.1, 0.15) is 41.6 Å². The normalized spacial score (nSPS) is 13.2. The first-order valence-electron chi connectivity index (χ1n) is 8.66. The number of ether oxygens (including phenoxy) is 3. The second kappa shape index (κ2) is 9.81. The number of thiophene rings is 1. The summed E-state index contributed by atoms with van der Waals surface area (Å²) in [5.74, 6) is -2.69. The van der Waals surface area contributed by atoms with Crippen LogP contribution in [0.25, 0.3) is 0 Å². The van der Waals surface area contributed by atoms with Gasteiger partial charge < -0.3 is 19.5 Å². The van der Waals surface area contributed by atoms with Crippen molar-refractivity contribution in [1.82, 2.24) is 5.32 Å². The Kier molecular flexibility index (Phi) is 8.30. The fourth-order valence-electron chi connectivity index (χ4n) is 2.53. The Morgan fingerprint density at radius 1 is 1.07 bits per heavy atom. The SMILES string of the molecule is CCOC(=O)N[C@@](Nc1sc(C)c(CC)c1C(=O)OC)(C(=O)OCC)C(F)(F)F. The van der Waals surface area contributed by atoms with Crippen LogP contribution in [0, 0.1) is 6.92 Å². The van der Waals surface area contributed by atoms with Crippen LogP contribution in [0.3, 0.4) is 0 Å². The zero-order chi connectivity index (χ0) is 22.4. The van der Waals surface area contributed by atoms with Gasteiger partial charge in [0.2, 0.25) is 0 Å². The van der Waals surface area contributed by atoms with E-state index in [1.807, 2.05) is 5.32 Å². The molecule has 1 atom stereocenters. The standard InChI is InChI=1S/C17H23F3N2O6S/c1-6-10-9(4)29-12(11(10)13(23)26-5)21-16(17(18,19)20,14(24)27-7-2)22-15(25)28-8-3/h21H,6-8H2,1-5H3,(H,22,25)/t16-/m0/s1. The lowest BCUT2D eigenvalue weighted by molar-refractivity contribution is -0.205. The van der Waals surface area contributed by atoms with Crippen molar-refractivity contribution in [3.05, 3.63) is 16.0 Å². The number of alkyl carbamates (subject to hydrolysis) is 1. The van der Waals surface area contributed by atoms with E-state index in [1.165, 1.54) is 19.2 Å². The summed E-state index contributed by atoms with van der Waals surface area (Å²) >= 11 is 0.816. The number of halogens is 3. The van der Waals surface area contributed by atoms with Crippen molar-refractivity contribution in [3.63, 3.8) is 0 Å². The summed E-state index contributed by atoms with van der Waals surface area (Å²) < 4.78 is 56.1. The van der Waals surface area contributed by atoms with Gasteiger partial charge in [-0.2, -0.15) is 13.2 Å².